The zero-order chi connectivity index (χ0) is 17.1. The number of hydrogen-bond donors (Lipinski definition) is 2. The molecule has 24 heavy (non-hydrogen) atoms. The molecule has 0 aliphatic rings. The normalized spacial score (nSPS) is 13.8. The van der Waals surface area contributed by atoms with Crippen LogP contribution >= 0.6 is 11.3 Å². The van der Waals surface area contributed by atoms with E-state index in [1.165, 1.54) is 11.3 Å². The summed E-state index contributed by atoms with van der Waals surface area (Å²) in [6.45, 7) is 5.99. The molecule has 3 heterocycles. The lowest BCUT2D eigenvalue weighted by molar-refractivity contribution is 0.229. The molecule has 126 valence electrons. The van der Waals surface area contributed by atoms with E-state index in [-0.39, 0.29) is 24.0 Å². The Morgan fingerprint density at radius 2 is 2.04 bits per heavy atom. The molecule has 0 bridgehead atoms. The summed E-state index contributed by atoms with van der Waals surface area (Å²) < 4.78 is 1.90. The van der Waals surface area contributed by atoms with Gasteiger partial charge in [0.25, 0.3) is 0 Å². The number of carbonyl (C=O) groups excluding carboxylic acids is 1. The van der Waals surface area contributed by atoms with Crippen molar-refractivity contribution in [3.8, 4) is 0 Å². The highest BCUT2D eigenvalue weighted by Crippen LogP contribution is 2.21. The largest absolute Gasteiger partial charge is 0.329 e. The van der Waals surface area contributed by atoms with Crippen molar-refractivity contribution in [3.63, 3.8) is 0 Å². The number of hydrogen-bond acceptors (Lipinski definition) is 5. The fourth-order valence-corrected chi connectivity index (χ4v) is 3.14. The van der Waals surface area contributed by atoms with E-state index in [1.54, 1.807) is 6.20 Å². The summed E-state index contributed by atoms with van der Waals surface area (Å²) in [5.41, 5.74) is 0.761. The SMILES string of the molecule is CC(NC(=O)NC(c1nnc2ccccn12)C(C)C)c1nccs1. The van der Waals surface area contributed by atoms with Crippen molar-refractivity contribution in [3.05, 3.63) is 46.8 Å². The third-order valence-corrected chi connectivity index (χ3v) is 4.70. The van der Waals surface area contributed by atoms with E-state index in [4.69, 9.17) is 0 Å². The first-order valence-electron chi connectivity index (χ1n) is 7.82. The summed E-state index contributed by atoms with van der Waals surface area (Å²) >= 11 is 1.52. The number of pyridine rings is 1. The van der Waals surface area contributed by atoms with Crippen molar-refractivity contribution in [2.75, 3.05) is 0 Å². The van der Waals surface area contributed by atoms with E-state index in [9.17, 15) is 4.79 Å². The first kappa shape index (κ1) is 16.4. The number of thiazole rings is 1. The molecule has 0 aromatic carbocycles. The standard InChI is InChI=1S/C16H20N6OS/c1-10(2)13(14-21-20-12-6-4-5-8-22(12)14)19-16(23)18-11(3)15-17-7-9-24-15/h4-11,13H,1-3H3,(H2,18,19,23). The molecule has 2 atom stereocenters. The van der Waals surface area contributed by atoms with Crippen molar-refractivity contribution in [1.29, 1.82) is 0 Å². The van der Waals surface area contributed by atoms with E-state index in [2.05, 4.69) is 25.8 Å². The van der Waals surface area contributed by atoms with Crippen LogP contribution in [0, 0.1) is 5.92 Å². The third kappa shape index (κ3) is 3.38. The number of nitrogens with zero attached hydrogens (tertiary/aromatic N) is 4. The molecule has 7 nitrogen and oxygen atoms in total. The van der Waals surface area contributed by atoms with E-state index >= 15 is 0 Å². The van der Waals surface area contributed by atoms with Crippen LogP contribution in [0.2, 0.25) is 0 Å². The number of carbonyl (C=O) groups is 1. The summed E-state index contributed by atoms with van der Waals surface area (Å²) in [5.74, 6) is 0.885. The second-order valence-corrected chi connectivity index (χ2v) is 6.84. The molecule has 2 unspecified atom stereocenters. The highest BCUT2D eigenvalue weighted by Gasteiger charge is 2.24. The quantitative estimate of drug-likeness (QED) is 0.745. The van der Waals surface area contributed by atoms with Crippen LogP contribution in [0.4, 0.5) is 4.79 Å². The molecule has 0 spiro atoms. The molecule has 0 fully saturated rings. The Hall–Kier alpha value is -2.48. The third-order valence-electron chi connectivity index (χ3n) is 3.74. The smallest absolute Gasteiger partial charge is 0.315 e. The summed E-state index contributed by atoms with van der Waals surface area (Å²) in [6.07, 6.45) is 3.63. The van der Waals surface area contributed by atoms with Gasteiger partial charge in [-0.25, -0.2) is 9.78 Å². The molecule has 8 heteroatoms. The highest BCUT2D eigenvalue weighted by molar-refractivity contribution is 7.09. The number of rotatable bonds is 5. The van der Waals surface area contributed by atoms with Crippen LogP contribution in [0.3, 0.4) is 0 Å². The van der Waals surface area contributed by atoms with E-state index in [0.29, 0.717) is 0 Å². The molecule has 0 radical (unpaired) electrons. The number of nitrogens with one attached hydrogen (secondary N) is 2. The Labute approximate surface area is 144 Å². The fourth-order valence-electron chi connectivity index (χ4n) is 2.49. The molecular formula is C16H20N6OS. The summed E-state index contributed by atoms with van der Waals surface area (Å²) in [4.78, 5) is 16.6. The fraction of sp³-hybridized carbons (Fsp3) is 0.375. The Balaban J connectivity index is 1.76. The highest BCUT2D eigenvalue weighted by atomic mass is 32.1. The predicted molar refractivity (Wildman–Crippen MR) is 92.8 cm³/mol. The van der Waals surface area contributed by atoms with Crippen LogP contribution < -0.4 is 10.6 Å². The van der Waals surface area contributed by atoms with Gasteiger partial charge in [0.2, 0.25) is 0 Å². The van der Waals surface area contributed by atoms with Gasteiger partial charge in [-0.15, -0.1) is 21.5 Å². The van der Waals surface area contributed by atoms with Crippen LogP contribution in [0.15, 0.2) is 36.0 Å². The molecule has 3 aromatic heterocycles. The average Bonchev–Trinajstić information content (AvgIpc) is 3.22. The van der Waals surface area contributed by atoms with Crippen molar-refractivity contribution >= 4 is 23.0 Å². The minimum absolute atomic E-state index is 0.145. The van der Waals surface area contributed by atoms with Gasteiger partial charge in [0.05, 0.1) is 12.1 Å². The van der Waals surface area contributed by atoms with Crippen molar-refractivity contribution in [2.45, 2.75) is 32.9 Å². The van der Waals surface area contributed by atoms with E-state index in [1.807, 2.05) is 54.9 Å². The van der Waals surface area contributed by atoms with Gasteiger partial charge in [-0.1, -0.05) is 19.9 Å². The Morgan fingerprint density at radius 3 is 2.75 bits per heavy atom. The molecule has 3 aromatic rings. The van der Waals surface area contributed by atoms with Gasteiger partial charge in [-0.05, 0) is 25.0 Å². The van der Waals surface area contributed by atoms with Gasteiger partial charge < -0.3 is 10.6 Å². The Kier molecular flexibility index (Phi) is 4.75. The molecule has 0 saturated heterocycles. The van der Waals surface area contributed by atoms with Gasteiger partial charge >= 0.3 is 6.03 Å². The van der Waals surface area contributed by atoms with Crippen LogP contribution in [-0.2, 0) is 0 Å². The number of urea groups is 1. The first-order valence-corrected chi connectivity index (χ1v) is 8.70. The van der Waals surface area contributed by atoms with Crippen molar-refractivity contribution < 1.29 is 4.79 Å². The second kappa shape index (κ2) is 6.96. The number of aromatic nitrogens is 4. The molecule has 3 rings (SSSR count). The number of fused-ring (bicyclic) bond motifs is 1. The molecule has 0 aliphatic heterocycles. The predicted octanol–water partition coefficient (Wildman–Crippen LogP) is 2.94. The average molecular weight is 344 g/mol. The van der Waals surface area contributed by atoms with Crippen LogP contribution in [0.25, 0.3) is 5.65 Å². The minimum Gasteiger partial charge on any atom is -0.329 e. The van der Waals surface area contributed by atoms with Gasteiger partial charge in [0, 0.05) is 17.8 Å². The molecule has 0 saturated carbocycles. The molecular weight excluding hydrogens is 324 g/mol. The molecule has 0 aliphatic carbocycles. The summed E-state index contributed by atoms with van der Waals surface area (Å²) in [7, 11) is 0. The summed E-state index contributed by atoms with van der Waals surface area (Å²) in [5, 5.41) is 17.1. The minimum atomic E-state index is -0.246. The van der Waals surface area contributed by atoms with E-state index in [0.717, 1.165) is 16.5 Å². The van der Waals surface area contributed by atoms with Crippen LogP contribution in [0.1, 0.15) is 43.7 Å². The number of amides is 2. The second-order valence-electron chi connectivity index (χ2n) is 5.92. The monoisotopic (exact) mass is 344 g/mol. The van der Waals surface area contributed by atoms with Gasteiger partial charge in [-0.3, -0.25) is 4.40 Å². The van der Waals surface area contributed by atoms with Crippen molar-refractivity contribution in [1.82, 2.24) is 30.2 Å². The zero-order valence-electron chi connectivity index (χ0n) is 13.8. The lowest BCUT2D eigenvalue weighted by Crippen LogP contribution is -2.41. The van der Waals surface area contributed by atoms with Crippen LogP contribution in [-0.4, -0.2) is 25.6 Å². The lowest BCUT2D eigenvalue weighted by Gasteiger charge is -2.22. The topological polar surface area (TPSA) is 84.2 Å². The maximum atomic E-state index is 12.4. The maximum Gasteiger partial charge on any atom is 0.315 e. The maximum absolute atomic E-state index is 12.4. The first-order chi connectivity index (χ1) is 11.6. The van der Waals surface area contributed by atoms with Crippen LogP contribution in [0.5, 0.6) is 0 Å². The van der Waals surface area contributed by atoms with E-state index < -0.39 is 0 Å². The Bertz CT molecular complexity index is 813. The van der Waals surface area contributed by atoms with Gasteiger partial charge in [-0.2, -0.15) is 0 Å². The summed E-state index contributed by atoms with van der Waals surface area (Å²) in [6, 6.07) is 5.08. The lowest BCUT2D eigenvalue weighted by atomic mass is 10.0. The molecule has 2 N–H and O–H groups in total. The van der Waals surface area contributed by atoms with Gasteiger partial charge in [0.15, 0.2) is 11.5 Å². The van der Waals surface area contributed by atoms with Crippen molar-refractivity contribution in [2.24, 2.45) is 5.92 Å². The van der Waals surface area contributed by atoms with Gasteiger partial charge in [0.1, 0.15) is 5.01 Å². The Morgan fingerprint density at radius 1 is 1.21 bits per heavy atom. The zero-order valence-corrected chi connectivity index (χ0v) is 14.6. The molecule has 2 amide bonds.